The molecule has 2 saturated heterocycles. The first-order valence-corrected chi connectivity index (χ1v) is 14.1. The standard InChI is InChI=1S/C30H40FN5O5/c1-21(30(40-4,13-14-31)17-26(38)33-24-9-10-25(37)34-27(24)39)36-19-28(2,20-36)41-16-15-35(3)23-7-5-22(6-8-23)29(18-32)11-12-29/h5-8,13-14,21,24H,9-12,15-17,19-20H2,1-4H3,(H,33,38)(H,34,37,39)/b14-13+/t21?,24?,30-/m0/s1. The number of amides is 3. The summed E-state index contributed by atoms with van der Waals surface area (Å²) in [5.74, 6) is -1.38. The van der Waals surface area contributed by atoms with Crippen LogP contribution in [0.2, 0.25) is 0 Å². The van der Waals surface area contributed by atoms with Gasteiger partial charge >= 0.3 is 0 Å². The molecule has 3 amide bonds. The highest BCUT2D eigenvalue weighted by Gasteiger charge is 2.49. The van der Waals surface area contributed by atoms with Gasteiger partial charge in [0.15, 0.2) is 0 Å². The van der Waals surface area contributed by atoms with E-state index in [0.717, 1.165) is 24.1 Å². The zero-order valence-electron chi connectivity index (χ0n) is 24.2. The minimum atomic E-state index is -1.27. The zero-order valence-corrected chi connectivity index (χ0v) is 24.2. The van der Waals surface area contributed by atoms with Gasteiger partial charge in [-0.25, -0.2) is 4.39 Å². The van der Waals surface area contributed by atoms with Crippen LogP contribution >= 0.6 is 0 Å². The van der Waals surface area contributed by atoms with Gasteiger partial charge in [-0.15, -0.1) is 0 Å². The summed E-state index contributed by atoms with van der Waals surface area (Å²) in [4.78, 5) is 40.5. The first kappa shape index (κ1) is 30.6. The number of likely N-dealkylation sites (tertiary alicyclic amines) is 1. The summed E-state index contributed by atoms with van der Waals surface area (Å²) in [6.45, 7) is 6.23. The van der Waals surface area contributed by atoms with Crippen LogP contribution in [0.4, 0.5) is 10.1 Å². The highest BCUT2D eigenvalue weighted by Crippen LogP contribution is 2.47. The molecule has 3 fully saturated rings. The number of nitrogens with zero attached hydrogens (tertiary/aromatic N) is 3. The molecule has 1 aromatic rings. The maximum absolute atomic E-state index is 13.5. The lowest BCUT2D eigenvalue weighted by molar-refractivity contribution is -0.169. The number of nitrogens with one attached hydrogen (secondary N) is 2. The third kappa shape index (κ3) is 6.77. The van der Waals surface area contributed by atoms with Gasteiger partial charge in [-0.05, 0) is 56.9 Å². The molecule has 2 heterocycles. The Bertz CT molecular complexity index is 1200. The van der Waals surface area contributed by atoms with E-state index < -0.39 is 29.1 Å². The number of nitriles is 1. The summed E-state index contributed by atoms with van der Waals surface area (Å²) in [7, 11) is 3.43. The molecule has 0 aromatic heterocycles. The monoisotopic (exact) mass is 569 g/mol. The Kier molecular flexibility index (Phi) is 9.16. The summed E-state index contributed by atoms with van der Waals surface area (Å²) in [6.07, 6.45) is 3.62. The normalized spacial score (nSPS) is 23.6. The van der Waals surface area contributed by atoms with Crippen molar-refractivity contribution in [2.24, 2.45) is 0 Å². The smallest absolute Gasteiger partial charge is 0.249 e. The molecule has 0 radical (unpaired) electrons. The predicted octanol–water partition coefficient (Wildman–Crippen LogP) is 2.34. The minimum absolute atomic E-state index is 0.143. The number of carbonyl (C=O) groups is 3. The van der Waals surface area contributed by atoms with Gasteiger partial charge in [0, 0.05) is 51.9 Å². The van der Waals surface area contributed by atoms with E-state index in [1.165, 1.54) is 13.2 Å². The van der Waals surface area contributed by atoms with Crippen molar-refractivity contribution >= 4 is 23.4 Å². The topological polar surface area (TPSA) is 124 Å². The molecule has 222 valence electrons. The number of piperidine rings is 1. The molecular formula is C30H40FN5O5. The van der Waals surface area contributed by atoms with Crippen molar-refractivity contribution in [3.63, 3.8) is 0 Å². The van der Waals surface area contributed by atoms with Crippen LogP contribution in [-0.4, -0.2) is 86.3 Å². The van der Waals surface area contributed by atoms with Crippen LogP contribution < -0.4 is 15.5 Å². The fraction of sp³-hybridized carbons (Fsp3) is 0.600. The molecule has 41 heavy (non-hydrogen) atoms. The molecule has 10 nitrogen and oxygen atoms in total. The van der Waals surface area contributed by atoms with E-state index in [1.54, 1.807) is 0 Å². The molecule has 3 atom stereocenters. The van der Waals surface area contributed by atoms with E-state index >= 15 is 0 Å². The number of rotatable bonds is 13. The van der Waals surface area contributed by atoms with Crippen molar-refractivity contribution in [3.8, 4) is 6.07 Å². The van der Waals surface area contributed by atoms with E-state index in [2.05, 4.69) is 26.5 Å². The maximum atomic E-state index is 13.5. The number of benzene rings is 1. The molecule has 0 bridgehead atoms. The Hall–Kier alpha value is -3.33. The van der Waals surface area contributed by atoms with Crippen LogP contribution in [-0.2, 0) is 29.3 Å². The molecule has 2 N–H and O–H groups in total. The van der Waals surface area contributed by atoms with Crippen molar-refractivity contribution < 1.29 is 28.2 Å². The average Bonchev–Trinajstić information content (AvgIpc) is 3.74. The molecule has 2 unspecified atom stereocenters. The van der Waals surface area contributed by atoms with Crippen molar-refractivity contribution in [3.05, 3.63) is 42.2 Å². The molecule has 1 aromatic carbocycles. The third-order valence-electron chi connectivity index (χ3n) is 8.77. The van der Waals surface area contributed by atoms with E-state index in [9.17, 15) is 24.0 Å². The summed E-state index contributed by atoms with van der Waals surface area (Å²) in [5, 5.41) is 14.3. The molecule has 1 aliphatic carbocycles. The van der Waals surface area contributed by atoms with Gasteiger partial charge in [0.2, 0.25) is 17.7 Å². The van der Waals surface area contributed by atoms with Crippen LogP contribution in [0.5, 0.6) is 0 Å². The Balaban J connectivity index is 1.27. The molecular weight excluding hydrogens is 529 g/mol. The second-order valence-electron chi connectivity index (χ2n) is 11.7. The number of carbonyl (C=O) groups excluding carboxylic acids is 3. The molecule has 11 heteroatoms. The highest BCUT2D eigenvalue weighted by atomic mass is 19.1. The van der Waals surface area contributed by atoms with Crippen LogP contribution in [0.1, 0.15) is 51.5 Å². The second kappa shape index (κ2) is 12.3. The van der Waals surface area contributed by atoms with E-state index in [-0.39, 0.29) is 36.6 Å². The number of hydrogen-bond donors (Lipinski definition) is 2. The SMILES string of the molecule is CO[C@@](/C=C/F)(CC(=O)NC1CCC(=O)NC1=O)C(C)N1CC(C)(OCCN(C)c2ccc(C3(C#N)CC3)cc2)C1. The van der Waals surface area contributed by atoms with Crippen LogP contribution in [0.3, 0.4) is 0 Å². The van der Waals surface area contributed by atoms with E-state index in [1.807, 2.05) is 45.2 Å². The molecule has 3 aliphatic rings. The number of hydrogen-bond acceptors (Lipinski definition) is 8. The number of anilines is 1. The first-order chi connectivity index (χ1) is 19.5. The average molecular weight is 570 g/mol. The summed E-state index contributed by atoms with van der Waals surface area (Å²) in [5.41, 5.74) is 0.168. The molecule has 4 rings (SSSR count). The summed E-state index contributed by atoms with van der Waals surface area (Å²) >= 11 is 0. The van der Waals surface area contributed by atoms with Crippen molar-refractivity contribution in [2.45, 2.75) is 74.7 Å². The van der Waals surface area contributed by atoms with Gasteiger partial charge in [0.1, 0.15) is 11.6 Å². The number of ether oxygens (including phenoxy) is 2. The van der Waals surface area contributed by atoms with Gasteiger partial charge in [0.25, 0.3) is 0 Å². The van der Waals surface area contributed by atoms with Gasteiger partial charge in [-0.1, -0.05) is 12.1 Å². The first-order valence-electron chi connectivity index (χ1n) is 14.1. The Morgan fingerprint density at radius 3 is 2.59 bits per heavy atom. The lowest BCUT2D eigenvalue weighted by atomic mass is 9.84. The van der Waals surface area contributed by atoms with Crippen molar-refractivity contribution in [1.82, 2.24) is 15.5 Å². The fourth-order valence-corrected chi connectivity index (χ4v) is 5.76. The molecule has 1 saturated carbocycles. The lowest BCUT2D eigenvalue weighted by Crippen LogP contribution is -2.68. The second-order valence-corrected chi connectivity index (χ2v) is 11.7. The Labute approximate surface area is 240 Å². The summed E-state index contributed by atoms with van der Waals surface area (Å²) < 4.78 is 25.5. The maximum Gasteiger partial charge on any atom is 0.249 e. The van der Waals surface area contributed by atoms with Gasteiger partial charge < -0.3 is 19.7 Å². The van der Waals surface area contributed by atoms with Crippen LogP contribution in [0.15, 0.2) is 36.7 Å². The minimum Gasteiger partial charge on any atom is -0.372 e. The number of methoxy groups -OCH3 is 1. The number of halogens is 1. The highest BCUT2D eigenvalue weighted by molar-refractivity contribution is 6.01. The lowest BCUT2D eigenvalue weighted by Gasteiger charge is -2.54. The third-order valence-corrected chi connectivity index (χ3v) is 8.77. The zero-order chi connectivity index (χ0) is 29.8. The summed E-state index contributed by atoms with van der Waals surface area (Å²) in [6, 6.07) is 9.40. The Morgan fingerprint density at radius 1 is 1.34 bits per heavy atom. The fourth-order valence-electron chi connectivity index (χ4n) is 5.76. The van der Waals surface area contributed by atoms with Crippen LogP contribution in [0.25, 0.3) is 0 Å². The van der Waals surface area contributed by atoms with E-state index in [4.69, 9.17) is 9.47 Å². The molecule has 0 spiro atoms. The predicted molar refractivity (Wildman–Crippen MR) is 151 cm³/mol. The largest absolute Gasteiger partial charge is 0.372 e. The van der Waals surface area contributed by atoms with Crippen molar-refractivity contribution in [1.29, 1.82) is 5.26 Å². The number of likely N-dealkylation sites (N-methyl/N-ethyl adjacent to an activating group) is 1. The Morgan fingerprint density at radius 2 is 2.02 bits per heavy atom. The van der Waals surface area contributed by atoms with Crippen LogP contribution in [0, 0.1) is 11.3 Å². The molecule has 2 aliphatic heterocycles. The van der Waals surface area contributed by atoms with Gasteiger partial charge in [-0.2, -0.15) is 5.26 Å². The quantitative estimate of drug-likeness (QED) is 0.347. The van der Waals surface area contributed by atoms with E-state index in [0.29, 0.717) is 32.6 Å². The van der Waals surface area contributed by atoms with Crippen molar-refractivity contribution in [2.75, 3.05) is 45.3 Å². The van der Waals surface area contributed by atoms with Gasteiger partial charge in [-0.3, -0.25) is 24.6 Å². The number of imide groups is 1. The van der Waals surface area contributed by atoms with Gasteiger partial charge in [0.05, 0.1) is 36.4 Å².